The molecule has 4 nitrogen and oxygen atoms in total. The highest BCUT2D eigenvalue weighted by molar-refractivity contribution is 6.34. The fourth-order valence-electron chi connectivity index (χ4n) is 2.94. The van der Waals surface area contributed by atoms with Crippen molar-refractivity contribution in [2.45, 2.75) is 90.4 Å². The van der Waals surface area contributed by atoms with Crippen molar-refractivity contribution in [1.29, 1.82) is 0 Å². The molecule has 0 spiro atoms. The number of rotatable bonds is 16. The van der Waals surface area contributed by atoms with Gasteiger partial charge in [0.25, 0.3) is 0 Å². The van der Waals surface area contributed by atoms with Gasteiger partial charge < -0.3 is 9.47 Å². The predicted octanol–water partition coefficient (Wildman–Crippen LogP) is 7.53. The normalized spacial score (nSPS) is 10.7. The van der Waals surface area contributed by atoms with Gasteiger partial charge >= 0.3 is 11.9 Å². The van der Waals surface area contributed by atoms with Crippen LogP contribution in [0.5, 0.6) is 5.75 Å². The van der Waals surface area contributed by atoms with Crippen LogP contribution >= 0.6 is 23.2 Å². The van der Waals surface area contributed by atoms with E-state index in [4.69, 9.17) is 32.7 Å². The predicted molar refractivity (Wildman–Crippen MR) is 119 cm³/mol. The lowest BCUT2D eigenvalue weighted by atomic mass is 10.1. The molecule has 0 radical (unpaired) electrons. The van der Waals surface area contributed by atoms with Crippen LogP contribution in [0.3, 0.4) is 0 Å². The fraction of sp³-hybridized carbons (Fsp3) is 0.652. The summed E-state index contributed by atoms with van der Waals surface area (Å²) < 4.78 is 10.5. The van der Waals surface area contributed by atoms with Crippen LogP contribution in [0.4, 0.5) is 0 Å². The maximum Gasteiger partial charge on any atom is 0.311 e. The molecule has 1 aromatic carbocycles. The highest BCUT2D eigenvalue weighted by Crippen LogP contribution is 2.28. The summed E-state index contributed by atoms with van der Waals surface area (Å²) in [5, 5.41) is 0.853. The van der Waals surface area contributed by atoms with Gasteiger partial charge in [-0.1, -0.05) is 81.5 Å². The lowest BCUT2D eigenvalue weighted by Crippen LogP contribution is -2.07. The van der Waals surface area contributed by atoms with Gasteiger partial charge in [0.2, 0.25) is 0 Å². The third-order valence-corrected chi connectivity index (χ3v) is 5.19. The molecular formula is C23H34Cl2O4. The molecule has 0 atom stereocenters. The lowest BCUT2D eigenvalue weighted by Gasteiger charge is -2.07. The molecule has 0 saturated heterocycles. The second kappa shape index (κ2) is 16.5. The topological polar surface area (TPSA) is 52.6 Å². The van der Waals surface area contributed by atoms with Crippen molar-refractivity contribution in [3.05, 3.63) is 28.2 Å². The average molecular weight is 445 g/mol. The highest BCUT2D eigenvalue weighted by atomic mass is 35.5. The van der Waals surface area contributed by atoms with E-state index in [0.717, 1.165) is 51.4 Å². The van der Waals surface area contributed by atoms with Crippen molar-refractivity contribution >= 4 is 35.1 Å². The molecule has 1 aromatic rings. The molecule has 1 rings (SSSR count). The molecule has 0 heterocycles. The van der Waals surface area contributed by atoms with Crippen molar-refractivity contribution in [1.82, 2.24) is 0 Å². The van der Waals surface area contributed by atoms with Gasteiger partial charge in [-0.2, -0.15) is 0 Å². The maximum atomic E-state index is 11.9. The fourth-order valence-corrected chi connectivity index (χ4v) is 3.26. The Bertz CT molecular complexity index is 605. The molecule has 0 fully saturated rings. The molecule has 0 N–H and O–H groups in total. The molecule has 29 heavy (non-hydrogen) atoms. The van der Waals surface area contributed by atoms with Gasteiger partial charge in [0, 0.05) is 23.9 Å². The maximum absolute atomic E-state index is 11.9. The van der Waals surface area contributed by atoms with E-state index in [-0.39, 0.29) is 11.9 Å². The Balaban J connectivity index is 1.94. The third-order valence-electron chi connectivity index (χ3n) is 4.64. The molecule has 0 aliphatic carbocycles. The number of carbonyl (C=O) groups is 2. The summed E-state index contributed by atoms with van der Waals surface area (Å²) in [6.45, 7) is 2.74. The minimum Gasteiger partial charge on any atom is -0.466 e. The molecule has 0 aliphatic rings. The summed E-state index contributed by atoms with van der Waals surface area (Å²) >= 11 is 11.9. The van der Waals surface area contributed by atoms with E-state index in [1.165, 1.54) is 19.3 Å². The zero-order chi connectivity index (χ0) is 21.3. The van der Waals surface area contributed by atoms with Gasteiger partial charge in [0.05, 0.1) is 11.6 Å². The van der Waals surface area contributed by atoms with Crippen LogP contribution in [0.25, 0.3) is 0 Å². The smallest absolute Gasteiger partial charge is 0.311 e. The lowest BCUT2D eigenvalue weighted by molar-refractivity contribution is -0.144. The average Bonchev–Trinajstić information content (AvgIpc) is 2.69. The van der Waals surface area contributed by atoms with E-state index in [1.807, 2.05) is 0 Å². The van der Waals surface area contributed by atoms with Gasteiger partial charge in [0.1, 0.15) is 0 Å². The van der Waals surface area contributed by atoms with Crippen molar-refractivity contribution < 1.29 is 19.1 Å². The molecule has 6 heteroatoms. The monoisotopic (exact) mass is 444 g/mol. The molecular weight excluding hydrogens is 411 g/mol. The molecule has 0 aliphatic heterocycles. The minimum absolute atomic E-state index is 0.0806. The summed E-state index contributed by atoms with van der Waals surface area (Å²) in [4.78, 5) is 23.5. The Labute approximate surface area is 185 Å². The summed E-state index contributed by atoms with van der Waals surface area (Å²) in [5.74, 6) is -0.0773. The molecule has 0 amide bonds. The number of hydrogen-bond acceptors (Lipinski definition) is 4. The van der Waals surface area contributed by atoms with E-state index in [1.54, 1.807) is 18.2 Å². The van der Waals surface area contributed by atoms with Crippen LogP contribution in [-0.4, -0.2) is 18.5 Å². The summed E-state index contributed by atoms with van der Waals surface area (Å²) in [6.07, 6.45) is 12.4. The van der Waals surface area contributed by atoms with Crippen LogP contribution in [0.15, 0.2) is 18.2 Å². The second-order valence-electron chi connectivity index (χ2n) is 7.30. The number of esters is 2. The molecule has 0 unspecified atom stereocenters. The Kier molecular flexibility index (Phi) is 14.7. The van der Waals surface area contributed by atoms with Gasteiger partial charge in [-0.15, -0.1) is 0 Å². The number of carbonyl (C=O) groups excluding carboxylic acids is 2. The number of halogens is 2. The SMILES string of the molecule is CCCCCCCOC(=O)CCCCCCCCC(=O)Oc1cc(Cl)ccc1Cl. The van der Waals surface area contributed by atoms with E-state index in [9.17, 15) is 9.59 Å². The van der Waals surface area contributed by atoms with E-state index in [2.05, 4.69) is 6.92 Å². The first-order chi connectivity index (χ1) is 14.0. The zero-order valence-corrected chi connectivity index (χ0v) is 19.0. The van der Waals surface area contributed by atoms with Gasteiger partial charge in [0.15, 0.2) is 5.75 Å². The van der Waals surface area contributed by atoms with Crippen molar-refractivity contribution in [2.75, 3.05) is 6.61 Å². The Morgan fingerprint density at radius 3 is 2.07 bits per heavy atom. The molecule has 0 saturated carbocycles. The molecule has 0 bridgehead atoms. The van der Waals surface area contributed by atoms with Crippen LogP contribution in [0.1, 0.15) is 90.4 Å². The van der Waals surface area contributed by atoms with Crippen molar-refractivity contribution in [2.24, 2.45) is 0 Å². The molecule has 0 aromatic heterocycles. The van der Waals surface area contributed by atoms with Gasteiger partial charge in [-0.05, 0) is 31.4 Å². The van der Waals surface area contributed by atoms with E-state index >= 15 is 0 Å². The van der Waals surface area contributed by atoms with Crippen LogP contribution in [-0.2, 0) is 14.3 Å². The van der Waals surface area contributed by atoms with Crippen molar-refractivity contribution in [3.8, 4) is 5.75 Å². The first-order valence-electron chi connectivity index (χ1n) is 10.8. The van der Waals surface area contributed by atoms with Gasteiger partial charge in [-0.3, -0.25) is 9.59 Å². The Hall–Kier alpha value is -1.26. The number of unbranched alkanes of at least 4 members (excludes halogenated alkanes) is 9. The Morgan fingerprint density at radius 1 is 0.793 bits per heavy atom. The van der Waals surface area contributed by atoms with E-state index in [0.29, 0.717) is 35.2 Å². The minimum atomic E-state index is -0.299. The summed E-state index contributed by atoms with van der Waals surface area (Å²) in [6, 6.07) is 4.80. The quantitative estimate of drug-likeness (QED) is 0.150. The standard InChI is InChI=1S/C23H34Cl2O4/c1-2-3-4-9-12-17-28-22(26)13-10-7-5-6-8-11-14-23(27)29-21-18-19(24)15-16-20(21)25/h15-16,18H,2-14,17H2,1H3. The third kappa shape index (κ3) is 13.6. The highest BCUT2D eigenvalue weighted by Gasteiger charge is 2.09. The van der Waals surface area contributed by atoms with E-state index < -0.39 is 0 Å². The number of hydrogen-bond donors (Lipinski definition) is 0. The van der Waals surface area contributed by atoms with Gasteiger partial charge in [-0.25, -0.2) is 0 Å². The first-order valence-corrected chi connectivity index (χ1v) is 11.6. The number of benzene rings is 1. The number of ether oxygens (including phenoxy) is 2. The van der Waals surface area contributed by atoms with Crippen LogP contribution in [0.2, 0.25) is 10.0 Å². The van der Waals surface area contributed by atoms with Crippen molar-refractivity contribution in [3.63, 3.8) is 0 Å². The Morgan fingerprint density at radius 2 is 1.38 bits per heavy atom. The summed E-state index contributed by atoms with van der Waals surface area (Å²) in [5.41, 5.74) is 0. The molecule has 164 valence electrons. The zero-order valence-electron chi connectivity index (χ0n) is 17.5. The van der Waals surface area contributed by atoms with Crippen LogP contribution in [0, 0.1) is 0 Å². The largest absolute Gasteiger partial charge is 0.466 e. The first kappa shape index (κ1) is 25.8. The summed E-state index contributed by atoms with van der Waals surface area (Å²) in [7, 11) is 0. The second-order valence-corrected chi connectivity index (χ2v) is 8.15. The van der Waals surface area contributed by atoms with Crippen LogP contribution < -0.4 is 4.74 Å².